The zero-order valence-corrected chi connectivity index (χ0v) is 20.8. The zero-order chi connectivity index (χ0) is 24.0. The molecule has 2 aromatic carbocycles. The lowest BCUT2D eigenvalue weighted by molar-refractivity contribution is -0.120. The Bertz CT molecular complexity index is 1010. The maximum absolute atomic E-state index is 12.7. The molecular formula is C25H35N3O4S. The first-order valence-electron chi connectivity index (χ1n) is 11.5. The second-order valence-electron chi connectivity index (χ2n) is 8.86. The van der Waals surface area contributed by atoms with E-state index in [1.54, 1.807) is 24.3 Å². The lowest BCUT2D eigenvalue weighted by Gasteiger charge is -2.29. The summed E-state index contributed by atoms with van der Waals surface area (Å²) in [5.41, 5.74) is 2.60. The number of hydrogen-bond donors (Lipinski definition) is 1. The van der Waals surface area contributed by atoms with E-state index in [0.717, 1.165) is 29.2 Å². The summed E-state index contributed by atoms with van der Waals surface area (Å²) in [6.45, 7) is 7.61. The summed E-state index contributed by atoms with van der Waals surface area (Å²) in [6.07, 6.45) is 4.85. The van der Waals surface area contributed by atoms with Crippen LogP contribution in [-0.2, 0) is 14.8 Å². The monoisotopic (exact) mass is 473 g/mol. The number of anilines is 2. The number of nitrogens with one attached hydrogen (secondary N) is 1. The van der Waals surface area contributed by atoms with Gasteiger partial charge in [-0.15, -0.1) is 0 Å². The largest absolute Gasteiger partial charge is 0.491 e. The van der Waals surface area contributed by atoms with Crippen LogP contribution in [0.25, 0.3) is 0 Å². The molecule has 1 aliphatic rings. The summed E-state index contributed by atoms with van der Waals surface area (Å²) in [7, 11) is -3.64. The molecule has 1 heterocycles. The average molecular weight is 474 g/mol. The molecule has 1 atom stereocenters. The quantitative estimate of drug-likeness (QED) is 0.593. The molecule has 0 saturated carbocycles. The van der Waals surface area contributed by atoms with Crippen LogP contribution in [0.15, 0.2) is 48.5 Å². The summed E-state index contributed by atoms with van der Waals surface area (Å²) in [6, 6.07) is 14.7. The van der Waals surface area contributed by atoms with Crippen molar-refractivity contribution in [2.45, 2.75) is 52.2 Å². The van der Waals surface area contributed by atoms with Gasteiger partial charge in [0.25, 0.3) is 0 Å². The van der Waals surface area contributed by atoms with Crippen molar-refractivity contribution in [3.8, 4) is 5.75 Å². The van der Waals surface area contributed by atoms with E-state index in [2.05, 4.69) is 22.3 Å². The van der Waals surface area contributed by atoms with Gasteiger partial charge in [0, 0.05) is 18.8 Å². The van der Waals surface area contributed by atoms with E-state index in [-0.39, 0.29) is 24.6 Å². The van der Waals surface area contributed by atoms with Crippen LogP contribution in [0.2, 0.25) is 0 Å². The predicted octanol–water partition coefficient (Wildman–Crippen LogP) is 4.11. The van der Waals surface area contributed by atoms with Crippen molar-refractivity contribution in [2.24, 2.45) is 0 Å². The van der Waals surface area contributed by atoms with E-state index < -0.39 is 10.0 Å². The summed E-state index contributed by atoms with van der Waals surface area (Å²) >= 11 is 0. The maximum Gasteiger partial charge on any atom is 0.241 e. The van der Waals surface area contributed by atoms with Crippen molar-refractivity contribution >= 4 is 27.3 Å². The molecule has 0 radical (unpaired) electrons. The van der Waals surface area contributed by atoms with Crippen molar-refractivity contribution in [1.82, 2.24) is 5.32 Å². The fourth-order valence-corrected chi connectivity index (χ4v) is 4.85. The van der Waals surface area contributed by atoms with E-state index in [9.17, 15) is 13.2 Å². The molecule has 1 saturated heterocycles. The summed E-state index contributed by atoms with van der Waals surface area (Å²) in [5, 5.41) is 2.92. The molecule has 1 aliphatic heterocycles. The number of amides is 1. The highest BCUT2D eigenvalue weighted by Gasteiger charge is 2.22. The molecule has 33 heavy (non-hydrogen) atoms. The van der Waals surface area contributed by atoms with Crippen molar-refractivity contribution in [3.63, 3.8) is 0 Å². The van der Waals surface area contributed by atoms with Crippen LogP contribution in [0.5, 0.6) is 5.75 Å². The van der Waals surface area contributed by atoms with Crippen LogP contribution in [0.1, 0.15) is 51.6 Å². The lowest BCUT2D eigenvalue weighted by Crippen LogP contribution is -2.41. The van der Waals surface area contributed by atoms with Gasteiger partial charge in [0.2, 0.25) is 15.9 Å². The highest BCUT2D eigenvalue weighted by atomic mass is 32.2. The predicted molar refractivity (Wildman–Crippen MR) is 133 cm³/mol. The van der Waals surface area contributed by atoms with Gasteiger partial charge >= 0.3 is 0 Å². The Balaban J connectivity index is 1.64. The molecule has 180 valence electrons. The Labute approximate surface area is 197 Å². The third-order valence-electron chi connectivity index (χ3n) is 5.68. The Morgan fingerprint density at radius 3 is 2.15 bits per heavy atom. The number of carbonyl (C=O) groups excluding carboxylic acids is 1. The minimum Gasteiger partial charge on any atom is -0.491 e. The van der Waals surface area contributed by atoms with Crippen molar-refractivity contribution in [2.75, 3.05) is 35.1 Å². The third-order valence-corrected chi connectivity index (χ3v) is 6.82. The van der Waals surface area contributed by atoms with Crippen LogP contribution >= 0.6 is 0 Å². The molecular weight excluding hydrogens is 438 g/mol. The Kier molecular flexibility index (Phi) is 8.24. The molecule has 0 bridgehead atoms. The van der Waals surface area contributed by atoms with Gasteiger partial charge in [-0.05, 0) is 82.0 Å². The normalized spacial score (nSPS) is 15.2. The van der Waals surface area contributed by atoms with E-state index in [4.69, 9.17) is 4.74 Å². The molecule has 1 amide bonds. The summed E-state index contributed by atoms with van der Waals surface area (Å²) in [4.78, 5) is 15.1. The lowest BCUT2D eigenvalue weighted by atomic mass is 10.1. The fraction of sp³-hybridized carbons (Fsp3) is 0.480. The maximum atomic E-state index is 12.7. The number of carbonyl (C=O) groups is 1. The van der Waals surface area contributed by atoms with Crippen LogP contribution in [0.3, 0.4) is 0 Å². The van der Waals surface area contributed by atoms with Crippen LogP contribution < -0.4 is 19.3 Å². The van der Waals surface area contributed by atoms with Crippen molar-refractivity contribution in [3.05, 3.63) is 54.1 Å². The smallest absolute Gasteiger partial charge is 0.241 e. The van der Waals surface area contributed by atoms with E-state index in [1.165, 1.54) is 24.9 Å². The Hall–Kier alpha value is -2.74. The minimum absolute atomic E-state index is 0.0167. The minimum atomic E-state index is -3.64. The number of rotatable bonds is 9. The second kappa shape index (κ2) is 10.9. The summed E-state index contributed by atoms with van der Waals surface area (Å²) < 4.78 is 31.5. The number of piperidine rings is 1. The standard InChI is InChI=1S/C25H35N3O4S/c1-19(2)32-24-14-12-23(13-15-24)28(33(4,30)31)18-25(29)26-20(3)21-8-10-22(11-9-21)27-16-6-5-7-17-27/h8-15,19-20H,5-7,16-18H2,1-4H3,(H,26,29). The Morgan fingerprint density at radius 2 is 1.61 bits per heavy atom. The Morgan fingerprint density at radius 1 is 1.00 bits per heavy atom. The molecule has 1 N–H and O–H groups in total. The van der Waals surface area contributed by atoms with Crippen LogP contribution in [0, 0.1) is 0 Å². The fourth-order valence-electron chi connectivity index (χ4n) is 3.99. The number of ether oxygens (including phenoxy) is 1. The average Bonchev–Trinajstić information content (AvgIpc) is 2.78. The van der Waals surface area contributed by atoms with Gasteiger partial charge in [-0.2, -0.15) is 0 Å². The van der Waals surface area contributed by atoms with E-state index in [1.807, 2.05) is 32.9 Å². The zero-order valence-electron chi connectivity index (χ0n) is 20.0. The number of benzene rings is 2. The topological polar surface area (TPSA) is 79.0 Å². The SMILES string of the molecule is CC(C)Oc1ccc(N(CC(=O)NC(C)c2ccc(N3CCCCC3)cc2)S(C)(=O)=O)cc1. The van der Waals surface area contributed by atoms with Gasteiger partial charge < -0.3 is 15.0 Å². The first-order chi connectivity index (χ1) is 15.6. The highest BCUT2D eigenvalue weighted by molar-refractivity contribution is 7.92. The summed E-state index contributed by atoms with van der Waals surface area (Å²) in [5.74, 6) is 0.281. The van der Waals surface area contributed by atoms with E-state index in [0.29, 0.717) is 11.4 Å². The molecule has 7 nitrogen and oxygen atoms in total. The molecule has 2 aromatic rings. The van der Waals surface area contributed by atoms with Gasteiger partial charge in [-0.1, -0.05) is 12.1 Å². The molecule has 0 aliphatic carbocycles. The molecule has 1 fully saturated rings. The van der Waals surface area contributed by atoms with Crippen molar-refractivity contribution in [1.29, 1.82) is 0 Å². The highest BCUT2D eigenvalue weighted by Crippen LogP contribution is 2.24. The first-order valence-corrected chi connectivity index (χ1v) is 13.4. The molecule has 0 aromatic heterocycles. The van der Waals surface area contributed by atoms with Gasteiger partial charge in [0.1, 0.15) is 12.3 Å². The number of nitrogens with zero attached hydrogens (tertiary/aromatic N) is 2. The van der Waals surface area contributed by atoms with Crippen LogP contribution in [0.4, 0.5) is 11.4 Å². The second-order valence-corrected chi connectivity index (χ2v) is 10.8. The van der Waals surface area contributed by atoms with Gasteiger partial charge in [-0.3, -0.25) is 9.10 Å². The van der Waals surface area contributed by atoms with Gasteiger partial charge in [0.05, 0.1) is 24.1 Å². The first kappa shape index (κ1) is 24.9. The molecule has 8 heteroatoms. The van der Waals surface area contributed by atoms with Crippen molar-refractivity contribution < 1.29 is 17.9 Å². The van der Waals surface area contributed by atoms with E-state index >= 15 is 0 Å². The van der Waals surface area contributed by atoms with Gasteiger partial charge in [0.15, 0.2) is 0 Å². The number of hydrogen-bond acceptors (Lipinski definition) is 5. The third kappa shape index (κ3) is 7.12. The van der Waals surface area contributed by atoms with Gasteiger partial charge in [-0.25, -0.2) is 8.42 Å². The molecule has 0 spiro atoms. The molecule has 1 unspecified atom stereocenters. The van der Waals surface area contributed by atoms with Crippen LogP contribution in [-0.4, -0.2) is 46.3 Å². The molecule has 3 rings (SSSR count). The number of sulfonamides is 1.